The van der Waals surface area contributed by atoms with Crippen LogP contribution in [0.3, 0.4) is 0 Å². The van der Waals surface area contributed by atoms with Crippen LogP contribution in [0, 0.1) is 0 Å². The highest BCUT2D eigenvalue weighted by atomic mass is 32.1. The summed E-state index contributed by atoms with van der Waals surface area (Å²) in [5.41, 5.74) is 1.11. The van der Waals surface area contributed by atoms with Crippen molar-refractivity contribution in [1.29, 1.82) is 0 Å². The van der Waals surface area contributed by atoms with Crippen LogP contribution in [-0.2, 0) is 23.3 Å². The Morgan fingerprint density at radius 1 is 1.33 bits per heavy atom. The van der Waals surface area contributed by atoms with Crippen molar-refractivity contribution in [2.75, 3.05) is 7.11 Å². The van der Waals surface area contributed by atoms with Crippen molar-refractivity contribution in [1.82, 2.24) is 10.2 Å². The average molecular weight is 384 g/mol. The molecule has 7 heteroatoms. The summed E-state index contributed by atoms with van der Waals surface area (Å²) in [6.45, 7) is 1.55. The maximum atomic E-state index is 13.3. The Kier molecular flexibility index (Phi) is 4.26. The highest BCUT2D eigenvalue weighted by molar-refractivity contribution is 7.10. The third-order valence-electron chi connectivity index (χ3n) is 5.35. The Labute approximate surface area is 161 Å². The highest BCUT2D eigenvalue weighted by Crippen LogP contribution is 2.42. The molecular formula is C20H20N2O4S. The van der Waals surface area contributed by atoms with Gasteiger partial charge >= 0.3 is 6.03 Å². The van der Waals surface area contributed by atoms with E-state index in [1.165, 1.54) is 18.9 Å². The number of Topliss-reactive ketones (excluding diaryl/α,β-unsaturated/α-hetero) is 1. The Hall–Kier alpha value is -2.67. The van der Waals surface area contributed by atoms with E-state index < -0.39 is 11.6 Å². The standard InChI is InChI=1S/C20H20N2O4S/c1-12(23)13-5-6-16(26-2)14(10-13)11-22-18(24)20(21-19(22)25)8-3-4-17-15(20)7-9-27-17/h5-7,9-10H,3-4,8,11H2,1-2H3,(H,21,25)/t20-/m0/s1. The number of hydrogen-bond acceptors (Lipinski definition) is 5. The number of hydrogen-bond donors (Lipinski definition) is 1. The molecule has 1 fully saturated rings. The Morgan fingerprint density at radius 3 is 2.89 bits per heavy atom. The number of benzene rings is 1. The number of carbonyl (C=O) groups is 3. The number of rotatable bonds is 4. The second-order valence-electron chi connectivity index (χ2n) is 6.92. The van der Waals surface area contributed by atoms with Gasteiger partial charge in [-0.1, -0.05) is 0 Å². The van der Waals surface area contributed by atoms with Crippen LogP contribution in [0.5, 0.6) is 5.75 Å². The second kappa shape index (κ2) is 6.49. The molecule has 1 aromatic carbocycles. The van der Waals surface area contributed by atoms with E-state index in [0.717, 1.165) is 23.3 Å². The van der Waals surface area contributed by atoms with Crippen molar-refractivity contribution in [3.63, 3.8) is 0 Å². The van der Waals surface area contributed by atoms with Gasteiger partial charge in [-0.3, -0.25) is 14.5 Å². The largest absolute Gasteiger partial charge is 0.496 e. The first-order chi connectivity index (χ1) is 13.0. The number of urea groups is 1. The molecule has 27 heavy (non-hydrogen) atoms. The van der Waals surface area contributed by atoms with E-state index in [0.29, 0.717) is 23.3 Å². The fourth-order valence-corrected chi connectivity index (χ4v) is 4.98. The first-order valence-corrected chi connectivity index (χ1v) is 9.73. The molecule has 2 heterocycles. The predicted molar refractivity (Wildman–Crippen MR) is 101 cm³/mol. The van der Waals surface area contributed by atoms with Gasteiger partial charge in [0, 0.05) is 21.6 Å². The predicted octanol–water partition coefficient (Wildman–Crippen LogP) is 3.24. The lowest BCUT2D eigenvalue weighted by atomic mass is 9.80. The van der Waals surface area contributed by atoms with E-state index in [1.807, 2.05) is 11.4 Å². The number of fused-ring (bicyclic) bond motifs is 2. The van der Waals surface area contributed by atoms with Gasteiger partial charge in [-0.25, -0.2) is 4.79 Å². The number of carbonyl (C=O) groups excluding carboxylic acids is 3. The molecule has 2 aromatic rings. The SMILES string of the molecule is COc1ccc(C(C)=O)cc1CN1C(=O)N[C@]2(CCCc3sccc32)C1=O. The molecule has 6 nitrogen and oxygen atoms in total. The Balaban J connectivity index is 1.69. The summed E-state index contributed by atoms with van der Waals surface area (Å²) in [6.07, 6.45) is 2.39. The third kappa shape index (κ3) is 2.73. The van der Waals surface area contributed by atoms with E-state index in [4.69, 9.17) is 4.74 Å². The number of ether oxygens (including phenoxy) is 1. The minimum absolute atomic E-state index is 0.0657. The molecule has 0 unspecified atom stereocenters. The van der Waals surface area contributed by atoms with E-state index in [-0.39, 0.29) is 18.2 Å². The second-order valence-corrected chi connectivity index (χ2v) is 7.92. The third-order valence-corrected chi connectivity index (χ3v) is 6.33. The first kappa shape index (κ1) is 17.7. The average Bonchev–Trinajstić information content (AvgIpc) is 3.22. The molecule has 1 spiro atoms. The number of aryl methyl sites for hydroxylation is 1. The molecule has 1 aliphatic heterocycles. The van der Waals surface area contributed by atoms with Crippen molar-refractivity contribution in [3.05, 3.63) is 51.2 Å². The van der Waals surface area contributed by atoms with Gasteiger partial charge in [0.05, 0.1) is 13.7 Å². The van der Waals surface area contributed by atoms with Crippen LogP contribution in [0.2, 0.25) is 0 Å². The van der Waals surface area contributed by atoms with Crippen molar-refractivity contribution >= 4 is 29.1 Å². The van der Waals surface area contributed by atoms with Crippen LogP contribution in [0.25, 0.3) is 0 Å². The minimum Gasteiger partial charge on any atom is -0.496 e. The van der Waals surface area contributed by atoms with Gasteiger partial charge in [0.2, 0.25) is 0 Å². The summed E-state index contributed by atoms with van der Waals surface area (Å²) in [7, 11) is 1.53. The summed E-state index contributed by atoms with van der Waals surface area (Å²) in [5.74, 6) is 0.228. The quantitative estimate of drug-likeness (QED) is 0.649. The Bertz CT molecular complexity index is 951. The lowest BCUT2D eigenvalue weighted by Gasteiger charge is -2.31. The van der Waals surface area contributed by atoms with E-state index in [1.54, 1.807) is 29.5 Å². The fourth-order valence-electron chi connectivity index (χ4n) is 3.98. The fraction of sp³-hybridized carbons (Fsp3) is 0.350. The molecule has 140 valence electrons. The molecule has 1 aliphatic carbocycles. The summed E-state index contributed by atoms with van der Waals surface area (Å²) in [6, 6.07) is 6.59. The number of methoxy groups -OCH3 is 1. The zero-order valence-corrected chi connectivity index (χ0v) is 16.0. The van der Waals surface area contributed by atoms with Gasteiger partial charge in [0.15, 0.2) is 5.78 Å². The van der Waals surface area contributed by atoms with Gasteiger partial charge in [-0.2, -0.15) is 0 Å². The monoisotopic (exact) mass is 384 g/mol. The number of imide groups is 1. The van der Waals surface area contributed by atoms with Crippen LogP contribution in [0.1, 0.15) is 46.1 Å². The summed E-state index contributed by atoms with van der Waals surface area (Å²) in [4.78, 5) is 40.1. The van der Waals surface area contributed by atoms with Gasteiger partial charge < -0.3 is 10.1 Å². The van der Waals surface area contributed by atoms with Gasteiger partial charge in [-0.05, 0) is 55.8 Å². The van der Waals surface area contributed by atoms with Gasteiger partial charge in [0.25, 0.3) is 5.91 Å². The van der Waals surface area contributed by atoms with E-state index in [2.05, 4.69) is 5.32 Å². The van der Waals surface area contributed by atoms with Crippen molar-refractivity contribution < 1.29 is 19.1 Å². The molecule has 1 atom stereocenters. The molecule has 0 saturated carbocycles. The Morgan fingerprint density at radius 2 is 2.15 bits per heavy atom. The van der Waals surface area contributed by atoms with Crippen LogP contribution in [-0.4, -0.2) is 29.7 Å². The smallest absolute Gasteiger partial charge is 0.325 e. The molecule has 4 rings (SSSR count). The normalized spacial score (nSPS) is 21.3. The number of amides is 3. The topological polar surface area (TPSA) is 75.7 Å². The van der Waals surface area contributed by atoms with Crippen molar-refractivity contribution in [2.24, 2.45) is 0 Å². The molecule has 0 radical (unpaired) electrons. The zero-order valence-electron chi connectivity index (χ0n) is 15.2. The first-order valence-electron chi connectivity index (χ1n) is 8.85. The van der Waals surface area contributed by atoms with Crippen LogP contribution >= 0.6 is 11.3 Å². The zero-order chi connectivity index (χ0) is 19.2. The number of nitrogens with zero attached hydrogens (tertiary/aromatic N) is 1. The number of thiophene rings is 1. The van der Waals surface area contributed by atoms with E-state index in [9.17, 15) is 14.4 Å². The van der Waals surface area contributed by atoms with Crippen LogP contribution in [0.15, 0.2) is 29.6 Å². The number of nitrogens with one attached hydrogen (secondary N) is 1. The van der Waals surface area contributed by atoms with Crippen molar-refractivity contribution in [3.8, 4) is 5.75 Å². The highest BCUT2D eigenvalue weighted by Gasteiger charge is 2.54. The summed E-state index contributed by atoms with van der Waals surface area (Å²) in [5, 5.41) is 4.91. The molecule has 1 aromatic heterocycles. The number of ketones is 1. The molecule has 1 N–H and O–H groups in total. The maximum Gasteiger partial charge on any atom is 0.325 e. The molecule has 0 bridgehead atoms. The van der Waals surface area contributed by atoms with Crippen molar-refractivity contribution in [2.45, 2.75) is 38.3 Å². The molecular weight excluding hydrogens is 364 g/mol. The van der Waals surface area contributed by atoms with Crippen LogP contribution < -0.4 is 10.1 Å². The van der Waals surface area contributed by atoms with E-state index >= 15 is 0 Å². The molecule has 1 saturated heterocycles. The molecule has 2 aliphatic rings. The lowest BCUT2D eigenvalue weighted by Crippen LogP contribution is -2.46. The minimum atomic E-state index is -0.962. The van der Waals surface area contributed by atoms with Gasteiger partial charge in [-0.15, -0.1) is 11.3 Å². The summed E-state index contributed by atoms with van der Waals surface area (Å²) < 4.78 is 5.36. The maximum absolute atomic E-state index is 13.3. The molecule has 3 amide bonds. The summed E-state index contributed by atoms with van der Waals surface area (Å²) >= 11 is 1.63. The van der Waals surface area contributed by atoms with Gasteiger partial charge in [0.1, 0.15) is 11.3 Å². The lowest BCUT2D eigenvalue weighted by molar-refractivity contribution is -0.132. The van der Waals surface area contributed by atoms with Crippen LogP contribution in [0.4, 0.5) is 4.79 Å².